The molecule has 0 aliphatic carbocycles. The van der Waals surface area contributed by atoms with Crippen molar-refractivity contribution in [2.24, 2.45) is 0 Å². The summed E-state index contributed by atoms with van der Waals surface area (Å²) in [6.07, 6.45) is 1.77. The van der Waals surface area contributed by atoms with Crippen LogP contribution in [0.3, 0.4) is 0 Å². The molecule has 0 atom stereocenters. The summed E-state index contributed by atoms with van der Waals surface area (Å²) in [6.45, 7) is 0.782. The van der Waals surface area contributed by atoms with Gasteiger partial charge in [-0.2, -0.15) is 0 Å². The molecular weight excluding hydrogens is 242 g/mol. The van der Waals surface area contributed by atoms with Gasteiger partial charge in [0, 0.05) is 36.4 Å². The van der Waals surface area contributed by atoms with Crippen LogP contribution in [0.2, 0.25) is 4.34 Å². The number of nitrogens with zero attached hydrogens (tertiary/aromatic N) is 1. The van der Waals surface area contributed by atoms with Gasteiger partial charge in [-0.1, -0.05) is 11.6 Å². The Morgan fingerprint density at radius 1 is 1.38 bits per heavy atom. The van der Waals surface area contributed by atoms with Crippen LogP contribution in [0.15, 0.2) is 30.5 Å². The highest BCUT2D eigenvalue weighted by Gasteiger charge is 1.99. The molecule has 0 unspecified atom stereocenters. The van der Waals surface area contributed by atoms with Gasteiger partial charge in [0.2, 0.25) is 0 Å². The van der Waals surface area contributed by atoms with E-state index in [1.807, 2.05) is 31.3 Å². The van der Waals surface area contributed by atoms with Crippen molar-refractivity contribution in [2.75, 3.05) is 17.7 Å². The maximum Gasteiger partial charge on any atom is 0.127 e. The quantitative estimate of drug-likeness (QED) is 0.876. The number of pyridine rings is 1. The van der Waals surface area contributed by atoms with Gasteiger partial charge in [-0.15, -0.1) is 11.3 Å². The highest BCUT2D eigenvalue weighted by Crippen LogP contribution is 2.22. The molecule has 0 amide bonds. The van der Waals surface area contributed by atoms with Gasteiger partial charge in [0.05, 0.1) is 4.34 Å². The van der Waals surface area contributed by atoms with E-state index in [-0.39, 0.29) is 0 Å². The van der Waals surface area contributed by atoms with Gasteiger partial charge in [0.15, 0.2) is 0 Å². The summed E-state index contributed by atoms with van der Waals surface area (Å²) in [6, 6.07) is 7.85. The molecule has 0 saturated heterocycles. The first kappa shape index (κ1) is 11.2. The molecule has 0 saturated carbocycles. The maximum absolute atomic E-state index is 5.86. The normalized spacial score (nSPS) is 10.1. The molecule has 0 radical (unpaired) electrons. The minimum absolute atomic E-state index is 0.782. The van der Waals surface area contributed by atoms with Crippen LogP contribution in [0.5, 0.6) is 0 Å². The third-order valence-electron chi connectivity index (χ3n) is 2.11. The summed E-state index contributed by atoms with van der Waals surface area (Å²) in [5, 5.41) is 6.32. The van der Waals surface area contributed by atoms with Gasteiger partial charge in [-0.3, -0.25) is 0 Å². The minimum Gasteiger partial charge on any atom is -0.380 e. The summed E-state index contributed by atoms with van der Waals surface area (Å²) in [7, 11) is 1.85. The molecule has 2 aromatic rings. The molecule has 2 N–H and O–H groups in total. The standard InChI is InChI=1S/C11H12ClN3S/c1-13-11-6-8(4-5-14-11)15-7-9-2-3-10(12)16-9/h2-6H,7H2,1H3,(H2,13,14,15). The number of nitrogens with one attached hydrogen (secondary N) is 2. The van der Waals surface area contributed by atoms with E-state index in [9.17, 15) is 0 Å². The number of aromatic nitrogens is 1. The number of rotatable bonds is 4. The van der Waals surface area contributed by atoms with Crippen LogP contribution in [0.25, 0.3) is 0 Å². The monoisotopic (exact) mass is 253 g/mol. The van der Waals surface area contributed by atoms with Gasteiger partial charge in [-0.05, 0) is 18.2 Å². The average molecular weight is 254 g/mol. The van der Waals surface area contributed by atoms with E-state index >= 15 is 0 Å². The Labute approximate surface area is 103 Å². The molecular formula is C11H12ClN3S. The lowest BCUT2D eigenvalue weighted by Gasteiger charge is -2.06. The zero-order valence-electron chi connectivity index (χ0n) is 8.83. The lowest BCUT2D eigenvalue weighted by atomic mass is 10.3. The highest BCUT2D eigenvalue weighted by atomic mass is 35.5. The molecule has 0 aliphatic heterocycles. The second kappa shape index (κ2) is 5.18. The molecule has 2 rings (SSSR count). The fourth-order valence-electron chi connectivity index (χ4n) is 1.31. The topological polar surface area (TPSA) is 37.0 Å². The Kier molecular flexibility index (Phi) is 3.64. The van der Waals surface area contributed by atoms with Crippen molar-refractivity contribution in [1.29, 1.82) is 0 Å². The Bertz CT molecular complexity index is 470. The zero-order valence-corrected chi connectivity index (χ0v) is 10.4. The van der Waals surface area contributed by atoms with Crippen molar-refractivity contribution < 1.29 is 0 Å². The van der Waals surface area contributed by atoms with Crippen LogP contribution in [-0.2, 0) is 6.54 Å². The first-order valence-corrected chi connectivity index (χ1v) is 6.09. The van der Waals surface area contributed by atoms with Crippen LogP contribution >= 0.6 is 22.9 Å². The molecule has 0 aromatic carbocycles. The van der Waals surface area contributed by atoms with Crippen molar-refractivity contribution in [3.63, 3.8) is 0 Å². The predicted octanol–water partition coefficient (Wildman–Crippen LogP) is 3.45. The van der Waals surface area contributed by atoms with Crippen LogP contribution in [-0.4, -0.2) is 12.0 Å². The van der Waals surface area contributed by atoms with Crippen LogP contribution in [0, 0.1) is 0 Å². The van der Waals surface area contributed by atoms with Crippen LogP contribution in [0.4, 0.5) is 11.5 Å². The summed E-state index contributed by atoms with van der Waals surface area (Å²) >= 11 is 7.45. The van der Waals surface area contributed by atoms with Crippen molar-refractivity contribution in [3.8, 4) is 0 Å². The number of anilines is 2. The zero-order chi connectivity index (χ0) is 11.4. The van der Waals surface area contributed by atoms with Crippen molar-refractivity contribution in [2.45, 2.75) is 6.54 Å². The van der Waals surface area contributed by atoms with Crippen LogP contribution in [0.1, 0.15) is 4.88 Å². The predicted molar refractivity (Wildman–Crippen MR) is 70.4 cm³/mol. The Morgan fingerprint density at radius 3 is 2.94 bits per heavy atom. The lowest BCUT2D eigenvalue weighted by molar-refractivity contribution is 1.18. The van der Waals surface area contributed by atoms with E-state index in [1.54, 1.807) is 17.5 Å². The molecule has 0 bridgehead atoms. The van der Waals surface area contributed by atoms with Gasteiger partial charge in [0.25, 0.3) is 0 Å². The summed E-state index contributed by atoms with van der Waals surface area (Å²) in [5.41, 5.74) is 1.05. The minimum atomic E-state index is 0.782. The third kappa shape index (κ3) is 2.87. The van der Waals surface area contributed by atoms with Crippen molar-refractivity contribution in [1.82, 2.24) is 4.98 Å². The second-order valence-electron chi connectivity index (χ2n) is 3.24. The Balaban J connectivity index is 1.99. The van der Waals surface area contributed by atoms with E-state index in [4.69, 9.17) is 11.6 Å². The number of thiophene rings is 1. The second-order valence-corrected chi connectivity index (χ2v) is 5.04. The largest absolute Gasteiger partial charge is 0.380 e. The fourth-order valence-corrected chi connectivity index (χ4v) is 2.34. The van der Waals surface area contributed by atoms with Gasteiger partial charge < -0.3 is 10.6 Å². The van der Waals surface area contributed by atoms with E-state index in [0.717, 1.165) is 22.4 Å². The maximum atomic E-state index is 5.86. The summed E-state index contributed by atoms with van der Waals surface area (Å²) < 4.78 is 0.822. The Morgan fingerprint density at radius 2 is 2.25 bits per heavy atom. The van der Waals surface area contributed by atoms with Crippen LogP contribution < -0.4 is 10.6 Å². The van der Waals surface area contributed by atoms with Crippen molar-refractivity contribution in [3.05, 3.63) is 39.7 Å². The van der Waals surface area contributed by atoms with Gasteiger partial charge >= 0.3 is 0 Å². The SMILES string of the molecule is CNc1cc(NCc2ccc(Cl)s2)ccn1. The van der Waals surface area contributed by atoms with E-state index in [1.165, 1.54) is 4.88 Å². The molecule has 0 spiro atoms. The fraction of sp³-hybridized carbons (Fsp3) is 0.182. The smallest absolute Gasteiger partial charge is 0.127 e. The molecule has 2 heterocycles. The molecule has 2 aromatic heterocycles. The Hall–Kier alpha value is -1.26. The van der Waals surface area contributed by atoms with E-state index in [2.05, 4.69) is 15.6 Å². The first-order valence-electron chi connectivity index (χ1n) is 4.90. The number of hydrogen-bond donors (Lipinski definition) is 2. The van der Waals surface area contributed by atoms with E-state index < -0.39 is 0 Å². The van der Waals surface area contributed by atoms with Crippen molar-refractivity contribution >= 4 is 34.4 Å². The summed E-state index contributed by atoms with van der Waals surface area (Å²) in [4.78, 5) is 5.36. The lowest BCUT2D eigenvalue weighted by Crippen LogP contribution is -1.99. The first-order chi connectivity index (χ1) is 7.78. The summed E-state index contributed by atoms with van der Waals surface area (Å²) in [5.74, 6) is 0.856. The van der Waals surface area contributed by atoms with Gasteiger partial charge in [0.1, 0.15) is 5.82 Å². The average Bonchev–Trinajstić information content (AvgIpc) is 2.73. The number of hydrogen-bond acceptors (Lipinski definition) is 4. The van der Waals surface area contributed by atoms with Gasteiger partial charge in [-0.25, -0.2) is 4.98 Å². The third-order valence-corrected chi connectivity index (χ3v) is 3.34. The molecule has 84 valence electrons. The molecule has 0 fully saturated rings. The number of halogens is 1. The molecule has 0 aliphatic rings. The molecule has 16 heavy (non-hydrogen) atoms. The highest BCUT2D eigenvalue weighted by molar-refractivity contribution is 7.16. The van der Waals surface area contributed by atoms with E-state index in [0.29, 0.717) is 0 Å². The molecule has 5 heteroatoms. The molecule has 3 nitrogen and oxygen atoms in total.